The first kappa shape index (κ1) is 9.36. The van der Waals surface area contributed by atoms with Crippen LogP contribution in [0.2, 0.25) is 0 Å². The Morgan fingerprint density at radius 2 is 1.81 bits per heavy atom. The van der Waals surface area contributed by atoms with Crippen molar-refractivity contribution in [3.63, 3.8) is 0 Å². The molecule has 0 radical (unpaired) electrons. The highest BCUT2D eigenvalue weighted by Gasteiger charge is 2.05. The van der Waals surface area contributed by atoms with Crippen LogP contribution in [-0.2, 0) is 0 Å². The van der Waals surface area contributed by atoms with E-state index in [0.29, 0.717) is 16.2 Å². The lowest BCUT2D eigenvalue weighted by Gasteiger charge is -2.00. The topological polar surface area (TPSA) is 26.3 Å². The Hall–Kier alpha value is -1.87. The Kier molecular flexibility index (Phi) is 2.11. The van der Waals surface area contributed by atoms with Gasteiger partial charge in [-0.15, -0.1) is 0 Å². The molecule has 0 aliphatic rings. The molecule has 0 unspecified atom stereocenters. The predicted molar refractivity (Wildman–Crippen MR) is 64.8 cm³/mol. The van der Waals surface area contributed by atoms with E-state index in [1.807, 2.05) is 42.5 Å². The normalized spacial score (nSPS) is 10.8. The lowest BCUT2D eigenvalue weighted by molar-refractivity contribution is 0.510. The van der Waals surface area contributed by atoms with Gasteiger partial charge in [-0.3, -0.25) is 0 Å². The molecule has 3 aromatic rings. The smallest absolute Gasteiger partial charge is 0.198 e. The number of fused-ring (bicyclic) bond motifs is 1. The van der Waals surface area contributed by atoms with Crippen LogP contribution in [0.25, 0.3) is 22.3 Å². The van der Waals surface area contributed by atoms with E-state index >= 15 is 0 Å². The zero-order chi connectivity index (χ0) is 11.0. The molecule has 0 atom stereocenters. The molecular formula is C13H8O2S. The average molecular weight is 228 g/mol. The standard InChI is InChI=1S/C13H8O2S/c16-13-10-5-2-1-4-9(10)8-12(15-13)11-6-3-7-14-11/h1-8H. The van der Waals surface area contributed by atoms with Crippen molar-refractivity contribution in [3.05, 3.63) is 53.4 Å². The molecule has 0 bridgehead atoms. The summed E-state index contributed by atoms with van der Waals surface area (Å²) >= 11 is 5.21. The molecule has 0 N–H and O–H groups in total. The second-order valence-electron chi connectivity index (χ2n) is 3.46. The van der Waals surface area contributed by atoms with Crippen molar-refractivity contribution in [1.82, 2.24) is 0 Å². The van der Waals surface area contributed by atoms with Gasteiger partial charge in [-0.25, -0.2) is 0 Å². The van der Waals surface area contributed by atoms with Gasteiger partial charge in [0.05, 0.1) is 6.26 Å². The highest BCUT2D eigenvalue weighted by atomic mass is 32.1. The Morgan fingerprint density at radius 1 is 0.938 bits per heavy atom. The second kappa shape index (κ2) is 3.61. The van der Waals surface area contributed by atoms with Crippen molar-refractivity contribution in [1.29, 1.82) is 0 Å². The fraction of sp³-hybridized carbons (Fsp3) is 0. The quantitative estimate of drug-likeness (QED) is 0.576. The number of benzene rings is 1. The third kappa shape index (κ3) is 1.46. The minimum atomic E-state index is 0.490. The van der Waals surface area contributed by atoms with Gasteiger partial charge in [-0.2, -0.15) is 0 Å². The van der Waals surface area contributed by atoms with Gasteiger partial charge in [0.15, 0.2) is 16.2 Å². The zero-order valence-corrected chi connectivity index (χ0v) is 9.16. The summed E-state index contributed by atoms with van der Waals surface area (Å²) in [7, 11) is 0. The number of rotatable bonds is 1. The van der Waals surface area contributed by atoms with Gasteiger partial charge in [-0.1, -0.05) is 18.2 Å². The van der Waals surface area contributed by atoms with E-state index in [1.165, 1.54) is 0 Å². The van der Waals surface area contributed by atoms with Gasteiger partial charge >= 0.3 is 0 Å². The van der Waals surface area contributed by atoms with E-state index in [0.717, 1.165) is 10.8 Å². The van der Waals surface area contributed by atoms with E-state index in [2.05, 4.69) is 0 Å². The Morgan fingerprint density at radius 3 is 2.62 bits per heavy atom. The molecule has 0 saturated carbocycles. The summed E-state index contributed by atoms with van der Waals surface area (Å²) in [6.07, 6.45) is 1.61. The Labute approximate surface area is 97.1 Å². The van der Waals surface area contributed by atoms with Crippen molar-refractivity contribution >= 4 is 23.0 Å². The minimum Gasteiger partial charge on any atom is -0.461 e. The molecule has 3 heteroatoms. The van der Waals surface area contributed by atoms with E-state index in [9.17, 15) is 0 Å². The third-order valence-corrected chi connectivity index (χ3v) is 2.74. The lowest BCUT2D eigenvalue weighted by atomic mass is 10.1. The monoisotopic (exact) mass is 228 g/mol. The van der Waals surface area contributed by atoms with Crippen LogP contribution in [0.4, 0.5) is 0 Å². The number of furan rings is 1. The maximum Gasteiger partial charge on any atom is 0.198 e. The minimum absolute atomic E-state index is 0.490. The van der Waals surface area contributed by atoms with Crippen molar-refractivity contribution in [2.75, 3.05) is 0 Å². The van der Waals surface area contributed by atoms with Gasteiger partial charge in [0, 0.05) is 5.39 Å². The molecule has 2 heterocycles. The maximum atomic E-state index is 5.56. The molecule has 3 rings (SSSR count). The first-order valence-electron chi connectivity index (χ1n) is 4.91. The highest BCUT2D eigenvalue weighted by molar-refractivity contribution is 7.71. The van der Waals surface area contributed by atoms with Crippen molar-refractivity contribution < 1.29 is 8.83 Å². The van der Waals surface area contributed by atoms with Gasteiger partial charge < -0.3 is 8.83 Å². The molecule has 2 nitrogen and oxygen atoms in total. The van der Waals surface area contributed by atoms with Crippen LogP contribution < -0.4 is 0 Å². The Balaban J connectivity index is 2.34. The van der Waals surface area contributed by atoms with Crippen molar-refractivity contribution in [2.24, 2.45) is 0 Å². The summed E-state index contributed by atoms with van der Waals surface area (Å²) in [5, 5.41) is 2.01. The molecule has 0 amide bonds. The number of hydrogen-bond donors (Lipinski definition) is 0. The first-order valence-corrected chi connectivity index (χ1v) is 5.32. The first-order chi connectivity index (χ1) is 7.84. The molecule has 0 aliphatic heterocycles. The average Bonchev–Trinajstić information content (AvgIpc) is 2.82. The second-order valence-corrected chi connectivity index (χ2v) is 3.83. The van der Waals surface area contributed by atoms with Crippen molar-refractivity contribution in [3.8, 4) is 11.5 Å². The van der Waals surface area contributed by atoms with Crippen LogP contribution in [0.3, 0.4) is 0 Å². The third-order valence-electron chi connectivity index (χ3n) is 2.43. The fourth-order valence-electron chi connectivity index (χ4n) is 1.67. The molecule has 16 heavy (non-hydrogen) atoms. The highest BCUT2D eigenvalue weighted by Crippen LogP contribution is 2.25. The summed E-state index contributed by atoms with van der Waals surface area (Å²) in [4.78, 5) is 0. The van der Waals surface area contributed by atoms with E-state index in [1.54, 1.807) is 6.26 Å². The van der Waals surface area contributed by atoms with Crippen LogP contribution in [0.15, 0.2) is 57.6 Å². The molecule has 1 aromatic carbocycles. The molecule has 0 fully saturated rings. The summed E-state index contributed by atoms with van der Waals surface area (Å²) in [6, 6.07) is 13.5. The molecule has 0 saturated heterocycles. The molecule has 78 valence electrons. The van der Waals surface area contributed by atoms with Crippen LogP contribution in [0.5, 0.6) is 0 Å². The van der Waals surface area contributed by atoms with E-state index < -0.39 is 0 Å². The van der Waals surface area contributed by atoms with E-state index in [-0.39, 0.29) is 0 Å². The molecule has 0 spiro atoms. The summed E-state index contributed by atoms with van der Waals surface area (Å²) < 4.78 is 11.3. The molecule has 2 aromatic heterocycles. The zero-order valence-electron chi connectivity index (χ0n) is 8.34. The summed E-state index contributed by atoms with van der Waals surface area (Å²) in [5.41, 5.74) is 0. The maximum absolute atomic E-state index is 5.56. The van der Waals surface area contributed by atoms with Crippen molar-refractivity contribution in [2.45, 2.75) is 0 Å². The SMILES string of the molecule is S=c1oc(-c2ccco2)cc2ccccc12. The van der Waals surface area contributed by atoms with Gasteiger partial charge in [0.2, 0.25) is 0 Å². The van der Waals surface area contributed by atoms with Gasteiger partial charge in [0.25, 0.3) is 0 Å². The van der Waals surface area contributed by atoms with Crippen LogP contribution in [0, 0.1) is 4.71 Å². The van der Waals surface area contributed by atoms with Crippen LogP contribution in [-0.4, -0.2) is 0 Å². The van der Waals surface area contributed by atoms with Crippen LogP contribution >= 0.6 is 12.2 Å². The predicted octanol–water partition coefficient (Wildman–Crippen LogP) is 4.42. The fourth-order valence-corrected chi connectivity index (χ4v) is 1.95. The molecule has 0 aliphatic carbocycles. The van der Waals surface area contributed by atoms with Gasteiger partial charge in [0.1, 0.15) is 0 Å². The summed E-state index contributed by atoms with van der Waals surface area (Å²) in [6.45, 7) is 0. The summed E-state index contributed by atoms with van der Waals surface area (Å²) in [5.74, 6) is 1.35. The lowest BCUT2D eigenvalue weighted by Crippen LogP contribution is -1.78. The molecular weight excluding hydrogens is 220 g/mol. The van der Waals surface area contributed by atoms with E-state index in [4.69, 9.17) is 21.1 Å². The van der Waals surface area contributed by atoms with Crippen LogP contribution in [0.1, 0.15) is 0 Å². The number of hydrogen-bond acceptors (Lipinski definition) is 3. The van der Waals surface area contributed by atoms with Gasteiger partial charge in [-0.05, 0) is 41.9 Å². The largest absolute Gasteiger partial charge is 0.461 e. The Bertz CT molecular complexity index is 680.